The molecule has 12 rings (SSSR count). The highest BCUT2D eigenvalue weighted by Crippen LogP contribution is 2.76. The van der Waals surface area contributed by atoms with Gasteiger partial charge in [0.15, 0.2) is 47.7 Å². The number of ether oxygens (including phenoxy) is 2. The number of esters is 2. The minimum absolute atomic E-state index is 0. The van der Waals surface area contributed by atoms with Crippen LogP contribution in [0.15, 0.2) is 102 Å². The van der Waals surface area contributed by atoms with Crippen LogP contribution in [-0.4, -0.2) is 143 Å². The lowest BCUT2D eigenvalue weighted by atomic mass is 9.43. The van der Waals surface area contributed by atoms with E-state index in [1.165, 1.54) is 62.4 Å². The number of nitrogens with zero attached hydrogens (tertiary/aromatic N) is 1. The monoisotopic (exact) mass is 1340 g/mol. The summed E-state index contributed by atoms with van der Waals surface area (Å²) in [6.07, 6.45) is 2.60. The minimum Gasteiger partial charge on any atom is -0.458 e. The molecule has 0 unspecified atom stereocenters. The predicted octanol–water partition coefficient (Wildman–Crippen LogP) is 9.31. The minimum atomic E-state index is -5.61. The Hall–Kier alpha value is -5.53. The van der Waals surface area contributed by atoms with E-state index in [9.17, 15) is 60.6 Å². The zero-order valence-electron chi connectivity index (χ0n) is 52.2. The number of rotatable bonds is 10. The fourth-order valence-corrected chi connectivity index (χ4v) is 21.2. The molecule has 0 amide bonds. The van der Waals surface area contributed by atoms with E-state index in [1.807, 2.05) is 63.8 Å². The predicted molar refractivity (Wildman–Crippen MR) is 327 cm³/mol. The van der Waals surface area contributed by atoms with Crippen LogP contribution in [0.5, 0.6) is 5.75 Å². The quantitative estimate of drug-likeness (QED) is 0.0663. The standard InChI is InChI=1S/C31H35F2NO5.C25H31F2NO5.C10H13F3O3SSi.ClH/c1-18(35)39-16-27(38)30-17-34(20-7-5-4-6-8-20)15-19(30)11-22-23-13-25(32)24-12-21(36)9-10-28(24,2)31(23,33)26(37)14-29(22,30)3;1-13(29)33-11-21(32)24-12-28-10-14(24)6-16-17-8-19(26)18-7-15(30)4-5-22(18,2)25(17,27)20(31)9-23(16,24)3;1-18(2,3)9-7-5-4-6-8(9)16-17(14,15)10(11,12)13;/h4-10,12,19,22-23,25-26,37H,11,13-17H2,1-3H3;4-5,7,14,16-17,19-20,28,31H,6,8-12H2,1-3H3;4-7H,1-3H3;1H/t19-,22-,23-,25-,26-,28-,29-,30+,31-;14-,16-,17-,19-,20-,22-,23-,24+,25-;;/m00../s1. The number of para-hydroxylation sites is 2. The third-order valence-corrected chi connectivity index (χ3v) is 26.3. The zero-order valence-corrected chi connectivity index (χ0v) is 54.8. The van der Waals surface area contributed by atoms with Crippen LogP contribution in [0.25, 0.3) is 0 Å². The van der Waals surface area contributed by atoms with E-state index < -0.39 is 116 Å². The van der Waals surface area contributed by atoms with Crippen molar-refractivity contribution in [2.75, 3.05) is 44.3 Å². The summed E-state index contributed by atoms with van der Waals surface area (Å²) in [5.74, 6) is -5.23. The number of anilines is 1. The molecule has 25 heteroatoms. The number of benzene rings is 2. The molecule has 2 aromatic carbocycles. The molecular weight excluding hydrogens is 1260 g/mol. The Kier molecular flexibility index (Phi) is 18.2. The molecule has 0 radical (unpaired) electrons. The van der Waals surface area contributed by atoms with Crippen LogP contribution in [0.3, 0.4) is 0 Å². The molecule has 0 bridgehead atoms. The first-order chi connectivity index (χ1) is 41.7. The van der Waals surface area contributed by atoms with Crippen molar-refractivity contribution >= 4 is 76.5 Å². The van der Waals surface area contributed by atoms with Crippen LogP contribution in [0.4, 0.5) is 36.4 Å². The molecule has 0 spiro atoms. The number of nitrogens with one attached hydrogen (secondary N) is 1. The molecule has 2 aromatic rings. The summed E-state index contributed by atoms with van der Waals surface area (Å²) in [7, 11) is -7.60. The van der Waals surface area contributed by atoms with E-state index >= 15 is 17.6 Å². The lowest BCUT2D eigenvalue weighted by Gasteiger charge is -2.63. The molecule has 2 aliphatic heterocycles. The lowest BCUT2D eigenvalue weighted by Crippen LogP contribution is -2.69. The normalized spacial score (nSPS) is 39.7. The van der Waals surface area contributed by atoms with Crippen LogP contribution in [0, 0.1) is 68.0 Å². The van der Waals surface area contributed by atoms with Gasteiger partial charge in [0, 0.05) is 61.8 Å². The molecule has 0 aromatic heterocycles. The van der Waals surface area contributed by atoms with E-state index in [1.54, 1.807) is 26.0 Å². The van der Waals surface area contributed by atoms with E-state index in [-0.39, 0.29) is 115 Å². The Balaban J connectivity index is 0.000000171. The molecule has 18 atom stereocenters. The molecule has 498 valence electrons. The van der Waals surface area contributed by atoms with Gasteiger partial charge in [-0.15, -0.1) is 12.4 Å². The Morgan fingerprint density at radius 2 is 1.13 bits per heavy atom. The summed E-state index contributed by atoms with van der Waals surface area (Å²) in [5.41, 5.74) is -15.1. The zero-order chi connectivity index (χ0) is 66.1. The van der Waals surface area contributed by atoms with Crippen molar-refractivity contribution in [3.05, 3.63) is 102 Å². The second-order valence-corrected chi connectivity index (χ2v) is 35.1. The van der Waals surface area contributed by atoms with Gasteiger partial charge in [0.1, 0.15) is 18.1 Å². The number of hydrogen-bond acceptors (Lipinski definition) is 15. The van der Waals surface area contributed by atoms with Crippen molar-refractivity contribution in [1.82, 2.24) is 5.32 Å². The maximum atomic E-state index is 17.6. The number of aliphatic hydroxyl groups excluding tert-OH is 2. The van der Waals surface area contributed by atoms with Crippen LogP contribution >= 0.6 is 12.4 Å². The van der Waals surface area contributed by atoms with Crippen molar-refractivity contribution < 1.29 is 91.8 Å². The fraction of sp³-hybridized carbons (Fsp3) is 0.606. The smallest absolute Gasteiger partial charge is 0.458 e. The van der Waals surface area contributed by atoms with Crippen LogP contribution < -0.4 is 19.6 Å². The number of halogens is 8. The van der Waals surface area contributed by atoms with Gasteiger partial charge in [-0.2, -0.15) is 21.6 Å². The number of carbonyl (C=O) groups is 6. The average molecular weight is 1340 g/mol. The SMILES string of the molecule is CC(=O)OCC(=O)[C@@]12CN(c3ccccc3)C[C@@H]1C[C@H]1[C@@H]3C[C@H](F)C4=CC(=O)C=C[C@]4(C)[C@@]3(F)[C@@H](O)C[C@@]12C.CC(=O)OCC(=O)[C@@]12CNC[C@@H]1C[C@H]1[C@@H]3C[C@H](F)C4=CC(=O)C=C[C@]4(C)[C@@]3(F)[C@@H](O)C[C@@]12C.C[Si](C)(C)c1ccccc1OS(=O)(=O)C(F)(F)F.Cl. The van der Waals surface area contributed by atoms with Gasteiger partial charge < -0.3 is 34.1 Å². The van der Waals surface area contributed by atoms with Gasteiger partial charge in [0.25, 0.3) is 0 Å². The van der Waals surface area contributed by atoms with Crippen LogP contribution in [0.1, 0.15) is 80.1 Å². The Morgan fingerprint density at radius 1 is 0.681 bits per heavy atom. The molecule has 91 heavy (non-hydrogen) atoms. The third-order valence-electron chi connectivity index (χ3n) is 23.3. The largest absolute Gasteiger partial charge is 0.534 e. The summed E-state index contributed by atoms with van der Waals surface area (Å²) in [6.45, 7) is 16.3. The van der Waals surface area contributed by atoms with Crippen molar-refractivity contribution in [2.45, 2.75) is 141 Å². The summed E-state index contributed by atoms with van der Waals surface area (Å²) < 4.78 is 139. The van der Waals surface area contributed by atoms with Crippen molar-refractivity contribution in [3.8, 4) is 5.75 Å². The molecule has 2 heterocycles. The molecule has 8 fully saturated rings. The van der Waals surface area contributed by atoms with E-state index in [0.717, 1.165) is 5.69 Å². The molecule has 15 nitrogen and oxygen atoms in total. The summed E-state index contributed by atoms with van der Waals surface area (Å²) in [4.78, 5) is 76.9. The number of aliphatic hydroxyl groups is 2. The highest BCUT2D eigenvalue weighted by molar-refractivity contribution is 7.88. The first-order valence-electron chi connectivity index (χ1n) is 30.6. The Morgan fingerprint density at radius 3 is 1.60 bits per heavy atom. The second kappa shape index (κ2) is 23.7. The number of alkyl halides is 7. The molecule has 8 aliphatic carbocycles. The van der Waals surface area contributed by atoms with E-state index in [2.05, 4.69) is 14.4 Å². The van der Waals surface area contributed by atoms with Crippen molar-refractivity contribution in [1.29, 1.82) is 0 Å². The van der Waals surface area contributed by atoms with Gasteiger partial charge >= 0.3 is 27.6 Å². The molecule has 3 N–H and O–H groups in total. The van der Waals surface area contributed by atoms with E-state index in [0.29, 0.717) is 44.2 Å². The van der Waals surface area contributed by atoms with Crippen molar-refractivity contribution in [3.63, 3.8) is 0 Å². The number of fused-ring (bicyclic) bond motifs is 14. The number of carbonyl (C=O) groups excluding carboxylic acids is 6. The number of hydrogen-bond donors (Lipinski definition) is 3. The maximum absolute atomic E-state index is 17.6. The highest BCUT2D eigenvalue weighted by Gasteiger charge is 2.80. The second-order valence-electron chi connectivity index (χ2n) is 28.5. The van der Waals surface area contributed by atoms with Crippen LogP contribution in [-0.2, 0) is 48.4 Å². The van der Waals surface area contributed by atoms with Gasteiger partial charge in [0.05, 0.1) is 31.1 Å². The van der Waals surface area contributed by atoms with Gasteiger partial charge in [-0.1, -0.05) is 82.0 Å². The van der Waals surface area contributed by atoms with Gasteiger partial charge in [-0.3, -0.25) is 28.8 Å². The summed E-state index contributed by atoms with van der Waals surface area (Å²) >= 11 is 0. The Labute approximate surface area is 532 Å². The first kappa shape index (κ1) is 69.8. The summed E-state index contributed by atoms with van der Waals surface area (Å²) in [5, 5.41) is 26.9. The van der Waals surface area contributed by atoms with Gasteiger partial charge in [0.2, 0.25) is 0 Å². The van der Waals surface area contributed by atoms with Gasteiger partial charge in [-0.25, -0.2) is 17.6 Å². The maximum Gasteiger partial charge on any atom is 0.534 e. The van der Waals surface area contributed by atoms with Crippen LogP contribution in [0.2, 0.25) is 19.6 Å². The average Bonchev–Trinajstić information content (AvgIpc) is 1.61. The molecular formula is C66H80ClF7N2O13SSi. The molecule has 10 aliphatic rings. The number of Topliss-reactive ketones (excluding diaryl/α,β-unsaturated/α-hetero) is 2. The summed E-state index contributed by atoms with van der Waals surface area (Å²) in [6, 6.07) is 15.6. The highest BCUT2D eigenvalue weighted by atomic mass is 35.5. The fourth-order valence-electron chi connectivity index (χ4n) is 19.2. The number of ketones is 4. The molecule has 2 saturated heterocycles. The topological polar surface area (TPSA) is 220 Å². The lowest BCUT2D eigenvalue weighted by molar-refractivity contribution is -0.211. The molecule has 6 saturated carbocycles. The third kappa shape index (κ3) is 10.5. The number of allylic oxidation sites excluding steroid dienone is 8. The van der Waals surface area contributed by atoms with Crippen molar-refractivity contribution in [2.24, 2.45) is 68.0 Å². The van der Waals surface area contributed by atoms with E-state index in [4.69, 9.17) is 9.47 Å². The van der Waals surface area contributed by atoms with Gasteiger partial charge in [-0.05, 0) is 152 Å². The first-order valence-corrected chi connectivity index (χ1v) is 35.5. The Bertz CT molecular complexity index is 3530.